The Morgan fingerprint density at radius 2 is 2.14 bits per heavy atom. The fraction of sp³-hybridized carbons (Fsp3) is 0.0714. The van der Waals surface area contributed by atoms with Gasteiger partial charge in [0.1, 0.15) is 10.9 Å². The van der Waals surface area contributed by atoms with Gasteiger partial charge in [-0.1, -0.05) is 23.2 Å². The normalized spacial score (nSPS) is 9.81. The zero-order valence-corrected chi connectivity index (χ0v) is 12.4. The molecule has 0 saturated heterocycles. The molecule has 2 aromatic rings. The minimum atomic E-state index is -0.452. The summed E-state index contributed by atoms with van der Waals surface area (Å²) in [5.41, 5.74) is 1.04. The highest BCUT2D eigenvalue weighted by Crippen LogP contribution is 2.27. The van der Waals surface area contributed by atoms with Gasteiger partial charge in [-0.25, -0.2) is 4.98 Å². The van der Waals surface area contributed by atoms with E-state index in [1.807, 2.05) is 6.07 Å². The molecule has 5 nitrogen and oxygen atoms in total. The number of rotatable bonds is 3. The van der Waals surface area contributed by atoms with Crippen LogP contribution in [0.1, 0.15) is 15.9 Å². The molecular formula is C14H9Cl2N3O2. The fourth-order valence-corrected chi connectivity index (χ4v) is 1.99. The number of anilines is 1. The van der Waals surface area contributed by atoms with Gasteiger partial charge in [-0.2, -0.15) is 5.26 Å². The minimum absolute atomic E-state index is 0.163. The van der Waals surface area contributed by atoms with Crippen molar-refractivity contribution in [3.05, 3.63) is 51.8 Å². The SMILES string of the molecule is COc1cc(C#N)ccc1NC(=O)c1cc(Cl)ncc1Cl. The summed E-state index contributed by atoms with van der Waals surface area (Å²) in [4.78, 5) is 16.0. The Hall–Kier alpha value is -2.29. The molecule has 106 valence electrons. The molecule has 0 aliphatic heterocycles. The van der Waals surface area contributed by atoms with Crippen LogP contribution in [0.3, 0.4) is 0 Å². The molecule has 0 atom stereocenters. The first-order valence-electron chi connectivity index (χ1n) is 5.75. The van der Waals surface area contributed by atoms with E-state index in [2.05, 4.69) is 10.3 Å². The highest BCUT2D eigenvalue weighted by atomic mass is 35.5. The monoisotopic (exact) mass is 321 g/mol. The Labute approximate surface area is 131 Å². The average molecular weight is 322 g/mol. The van der Waals surface area contributed by atoms with Crippen LogP contribution in [-0.4, -0.2) is 18.0 Å². The molecule has 2 rings (SSSR count). The van der Waals surface area contributed by atoms with Crippen LogP contribution in [0.15, 0.2) is 30.5 Å². The molecule has 1 aromatic carbocycles. The van der Waals surface area contributed by atoms with Crippen LogP contribution >= 0.6 is 23.2 Å². The number of nitriles is 1. The molecule has 7 heteroatoms. The topological polar surface area (TPSA) is 75.0 Å². The first-order chi connectivity index (χ1) is 10.0. The van der Waals surface area contributed by atoms with Crippen LogP contribution < -0.4 is 10.1 Å². The maximum Gasteiger partial charge on any atom is 0.257 e. The highest BCUT2D eigenvalue weighted by molar-refractivity contribution is 6.35. The molecule has 0 aliphatic rings. The minimum Gasteiger partial charge on any atom is -0.495 e. The van der Waals surface area contributed by atoms with Gasteiger partial charge in [0.2, 0.25) is 0 Å². The fourth-order valence-electron chi connectivity index (χ4n) is 1.64. The Morgan fingerprint density at radius 3 is 2.81 bits per heavy atom. The largest absolute Gasteiger partial charge is 0.495 e. The summed E-state index contributed by atoms with van der Waals surface area (Å²) < 4.78 is 5.14. The van der Waals surface area contributed by atoms with Crippen LogP contribution in [0.2, 0.25) is 10.2 Å². The van der Waals surface area contributed by atoms with Crippen LogP contribution in [-0.2, 0) is 0 Å². The number of methoxy groups -OCH3 is 1. The predicted molar refractivity (Wildman–Crippen MR) is 79.9 cm³/mol. The number of carbonyl (C=O) groups is 1. The second-order valence-electron chi connectivity index (χ2n) is 3.97. The maximum absolute atomic E-state index is 12.2. The van der Waals surface area contributed by atoms with Gasteiger partial charge in [0.15, 0.2) is 0 Å². The summed E-state index contributed by atoms with van der Waals surface area (Å²) in [6, 6.07) is 8.03. The molecule has 1 N–H and O–H groups in total. The highest BCUT2D eigenvalue weighted by Gasteiger charge is 2.14. The van der Waals surface area contributed by atoms with E-state index in [4.69, 9.17) is 33.2 Å². The van der Waals surface area contributed by atoms with Gasteiger partial charge in [0.05, 0.1) is 35.0 Å². The number of carbonyl (C=O) groups excluding carboxylic acids is 1. The summed E-state index contributed by atoms with van der Waals surface area (Å²) >= 11 is 11.7. The Bertz CT molecular complexity index is 741. The van der Waals surface area contributed by atoms with Crippen LogP contribution in [0.5, 0.6) is 5.75 Å². The van der Waals surface area contributed by atoms with Gasteiger partial charge >= 0.3 is 0 Å². The van der Waals surface area contributed by atoms with Crippen molar-refractivity contribution in [2.75, 3.05) is 12.4 Å². The standard InChI is InChI=1S/C14H9Cl2N3O2/c1-21-12-4-8(6-17)2-3-11(12)19-14(20)9-5-13(16)18-7-10(9)15/h2-5,7H,1H3,(H,19,20). The lowest BCUT2D eigenvalue weighted by molar-refractivity contribution is 0.102. The average Bonchev–Trinajstić information content (AvgIpc) is 2.49. The summed E-state index contributed by atoms with van der Waals surface area (Å²) in [5.74, 6) is -0.0778. The molecule has 0 spiro atoms. The Balaban J connectivity index is 2.32. The third-order valence-corrected chi connectivity index (χ3v) is 3.15. The van der Waals surface area contributed by atoms with E-state index in [9.17, 15) is 4.79 Å². The molecule has 0 bridgehead atoms. The first-order valence-corrected chi connectivity index (χ1v) is 6.51. The summed E-state index contributed by atoms with van der Waals surface area (Å²) in [6.45, 7) is 0. The van der Waals surface area contributed by atoms with E-state index in [0.717, 1.165) is 0 Å². The molecular weight excluding hydrogens is 313 g/mol. The van der Waals surface area contributed by atoms with Crippen molar-refractivity contribution in [2.45, 2.75) is 0 Å². The van der Waals surface area contributed by atoms with Crippen molar-refractivity contribution < 1.29 is 9.53 Å². The number of amides is 1. The summed E-state index contributed by atoms with van der Waals surface area (Å²) in [7, 11) is 1.45. The van der Waals surface area contributed by atoms with E-state index < -0.39 is 5.91 Å². The summed E-state index contributed by atoms with van der Waals surface area (Å²) in [5, 5.41) is 11.8. The van der Waals surface area contributed by atoms with E-state index in [0.29, 0.717) is 17.0 Å². The predicted octanol–water partition coefficient (Wildman–Crippen LogP) is 3.52. The van der Waals surface area contributed by atoms with E-state index in [-0.39, 0.29) is 15.7 Å². The van der Waals surface area contributed by atoms with Crippen molar-refractivity contribution in [1.82, 2.24) is 4.98 Å². The van der Waals surface area contributed by atoms with Crippen molar-refractivity contribution in [1.29, 1.82) is 5.26 Å². The van der Waals surface area contributed by atoms with Gasteiger partial charge in [0, 0.05) is 12.3 Å². The van der Waals surface area contributed by atoms with Crippen LogP contribution in [0, 0.1) is 11.3 Å². The number of nitrogens with zero attached hydrogens (tertiary/aromatic N) is 2. The van der Waals surface area contributed by atoms with Crippen molar-refractivity contribution in [3.63, 3.8) is 0 Å². The molecule has 0 unspecified atom stereocenters. The lowest BCUT2D eigenvalue weighted by Gasteiger charge is -2.11. The number of aromatic nitrogens is 1. The molecule has 1 heterocycles. The van der Waals surface area contributed by atoms with Crippen molar-refractivity contribution >= 4 is 34.8 Å². The second kappa shape index (κ2) is 6.44. The Morgan fingerprint density at radius 1 is 1.38 bits per heavy atom. The third kappa shape index (κ3) is 3.43. The molecule has 0 aliphatic carbocycles. The van der Waals surface area contributed by atoms with Gasteiger partial charge < -0.3 is 10.1 Å². The van der Waals surface area contributed by atoms with Crippen molar-refractivity contribution in [3.8, 4) is 11.8 Å². The van der Waals surface area contributed by atoms with E-state index in [1.54, 1.807) is 12.1 Å². The zero-order valence-electron chi connectivity index (χ0n) is 10.9. The van der Waals surface area contributed by atoms with Crippen LogP contribution in [0.25, 0.3) is 0 Å². The number of hydrogen-bond acceptors (Lipinski definition) is 4. The van der Waals surface area contributed by atoms with Gasteiger partial charge in [-0.3, -0.25) is 4.79 Å². The number of nitrogens with one attached hydrogen (secondary N) is 1. The molecule has 1 amide bonds. The number of hydrogen-bond donors (Lipinski definition) is 1. The molecule has 0 fully saturated rings. The molecule has 1 aromatic heterocycles. The number of halogens is 2. The van der Waals surface area contributed by atoms with Gasteiger partial charge in [0.25, 0.3) is 5.91 Å². The number of benzene rings is 1. The van der Waals surface area contributed by atoms with Gasteiger partial charge in [-0.05, 0) is 18.2 Å². The van der Waals surface area contributed by atoms with Crippen LogP contribution in [0.4, 0.5) is 5.69 Å². The molecule has 0 radical (unpaired) electrons. The summed E-state index contributed by atoms with van der Waals surface area (Å²) in [6.07, 6.45) is 1.30. The third-order valence-electron chi connectivity index (χ3n) is 2.65. The number of ether oxygens (including phenoxy) is 1. The smallest absolute Gasteiger partial charge is 0.257 e. The zero-order chi connectivity index (χ0) is 15.4. The van der Waals surface area contributed by atoms with E-state index >= 15 is 0 Å². The lowest BCUT2D eigenvalue weighted by Crippen LogP contribution is -2.13. The Kier molecular flexibility index (Phi) is 4.63. The van der Waals surface area contributed by atoms with Gasteiger partial charge in [-0.15, -0.1) is 0 Å². The van der Waals surface area contributed by atoms with Crippen molar-refractivity contribution in [2.24, 2.45) is 0 Å². The van der Waals surface area contributed by atoms with E-state index in [1.165, 1.54) is 25.4 Å². The quantitative estimate of drug-likeness (QED) is 0.877. The lowest BCUT2D eigenvalue weighted by atomic mass is 10.2. The number of pyridine rings is 1. The molecule has 0 saturated carbocycles. The second-order valence-corrected chi connectivity index (χ2v) is 4.76. The first kappa shape index (κ1) is 15.1. The maximum atomic E-state index is 12.2. The molecule has 21 heavy (non-hydrogen) atoms.